The van der Waals surface area contributed by atoms with Gasteiger partial charge >= 0.3 is 0 Å². The minimum Gasteiger partial charge on any atom is -0.361 e. The van der Waals surface area contributed by atoms with Gasteiger partial charge in [-0.2, -0.15) is 0 Å². The van der Waals surface area contributed by atoms with E-state index in [9.17, 15) is 0 Å². The van der Waals surface area contributed by atoms with E-state index in [0.29, 0.717) is 5.92 Å². The molecule has 0 unspecified atom stereocenters. The van der Waals surface area contributed by atoms with Crippen molar-refractivity contribution in [3.63, 3.8) is 0 Å². The summed E-state index contributed by atoms with van der Waals surface area (Å²) in [6.45, 7) is 6.29. The van der Waals surface area contributed by atoms with Crippen molar-refractivity contribution >= 4 is 5.84 Å². The average Bonchev–Trinajstić information content (AvgIpc) is 2.18. The zero-order chi connectivity index (χ0) is 11.1. The number of hydrogen-bond donors (Lipinski definition) is 1. The normalized spacial score (nSPS) is 19.3. The lowest BCUT2D eigenvalue weighted by molar-refractivity contribution is 0.382. The van der Waals surface area contributed by atoms with Gasteiger partial charge in [-0.3, -0.25) is 5.41 Å². The van der Waals surface area contributed by atoms with E-state index in [1.807, 2.05) is 0 Å². The lowest BCUT2D eigenvalue weighted by atomic mass is 9.90. The number of nitrogens with zero attached hydrogens (tertiary/aromatic N) is 1. The van der Waals surface area contributed by atoms with Crippen molar-refractivity contribution < 1.29 is 0 Å². The van der Waals surface area contributed by atoms with E-state index in [1.54, 1.807) is 0 Å². The minimum atomic E-state index is 0.546. The second-order valence-electron chi connectivity index (χ2n) is 4.60. The van der Waals surface area contributed by atoms with Crippen LogP contribution in [-0.4, -0.2) is 23.8 Å². The molecule has 1 aliphatic rings. The van der Waals surface area contributed by atoms with Crippen molar-refractivity contribution in [2.45, 2.75) is 58.8 Å². The number of amidine groups is 1. The van der Waals surface area contributed by atoms with Gasteiger partial charge in [0.1, 0.15) is 0 Å². The van der Waals surface area contributed by atoms with Crippen molar-refractivity contribution in [3.8, 4) is 0 Å². The SMILES string of the molecule is CCN(CC)C(=N)C1CCCCCCC1. The lowest BCUT2D eigenvalue weighted by Crippen LogP contribution is -2.35. The third-order valence-electron chi connectivity index (χ3n) is 3.60. The Hall–Kier alpha value is -0.530. The first-order valence-electron chi connectivity index (χ1n) is 6.63. The summed E-state index contributed by atoms with van der Waals surface area (Å²) in [6.07, 6.45) is 9.31. The predicted octanol–water partition coefficient (Wildman–Crippen LogP) is 3.67. The second kappa shape index (κ2) is 6.86. The fourth-order valence-electron chi connectivity index (χ4n) is 2.55. The van der Waals surface area contributed by atoms with Crippen LogP contribution in [0.2, 0.25) is 0 Å². The molecule has 1 saturated carbocycles. The minimum absolute atomic E-state index is 0.546. The highest BCUT2D eigenvalue weighted by Gasteiger charge is 2.19. The predicted molar refractivity (Wildman–Crippen MR) is 66.5 cm³/mol. The smallest absolute Gasteiger partial charge is 0.0989 e. The van der Waals surface area contributed by atoms with Crippen LogP contribution in [0.25, 0.3) is 0 Å². The third-order valence-corrected chi connectivity index (χ3v) is 3.60. The maximum atomic E-state index is 8.23. The highest BCUT2D eigenvalue weighted by molar-refractivity contribution is 5.81. The van der Waals surface area contributed by atoms with E-state index in [-0.39, 0.29) is 0 Å². The van der Waals surface area contributed by atoms with Crippen LogP contribution >= 0.6 is 0 Å². The molecule has 1 fully saturated rings. The maximum Gasteiger partial charge on any atom is 0.0989 e. The molecule has 2 nitrogen and oxygen atoms in total. The van der Waals surface area contributed by atoms with Gasteiger partial charge in [-0.25, -0.2) is 0 Å². The third kappa shape index (κ3) is 3.84. The summed E-state index contributed by atoms with van der Waals surface area (Å²) in [7, 11) is 0. The topological polar surface area (TPSA) is 27.1 Å². The molecule has 0 radical (unpaired) electrons. The molecule has 0 aliphatic heterocycles. The molecule has 2 heteroatoms. The first-order valence-corrected chi connectivity index (χ1v) is 6.63. The van der Waals surface area contributed by atoms with E-state index in [0.717, 1.165) is 18.9 Å². The van der Waals surface area contributed by atoms with Crippen LogP contribution in [0.4, 0.5) is 0 Å². The fourth-order valence-corrected chi connectivity index (χ4v) is 2.55. The van der Waals surface area contributed by atoms with Crippen LogP contribution in [0, 0.1) is 11.3 Å². The fraction of sp³-hybridized carbons (Fsp3) is 0.923. The van der Waals surface area contributed by atoms with Crippen LogP contribution in [0.1, 0.15) is 58.8 Å². The highest BCUT2D eigenvalue weighted by Crippen LogP contribution is 2.24. The largest absolute Gasteiger partial charge is 0.361 e. The van der Waals surface area contributed by atoms with Crippen LogP contribution in [0.15, 0.2) is 0 Å². The Morgan fingerprint density at radius 2 is 1.47 bits per heavy atom. The molecule has 1 N–H and O–H groups in total. The maximum absolute atomic E-state index is 8.23. The van der Waals surface area contributed by atoms with E-state index < -0.39 is 0 Å². The average molecular weight is 210 g/mol. The summed E-state index contributed by atoms with van der Waals surface area (Å²) in [5.41, 5.74) is 0. The van der Waals surface area contributed by atoms with E-state index in [1.165, 1.54) is 44.9 Å². The van der Waals surface area contributed by atoms with Gasteiger partial charge in [0.2, 0.25) is 0 Å². The molecule has 0 bridgehead atoms. The second-order valence-corrected chi connectivity index (χ2v) is 4.60. The summed E-state index contributed by atoms with van der Waals surface area (Å²) >= 11 is 0. The van der Waals surface area contributed by atoms with Crippen LogP contribution in [0.5, 0.6) is 0 Å². The molecule has 1 aliphatic carbocycles. The van der Waals surface area contributed by atoms with Crippen molar-refractivity contribution in [2.75, 3.05) is 13.1 Å². The van der Waals surface area contributed by atoms with Gasteiger partial charge in [-0.05, 0) is 26.7 Å². The van der Waals surface area contributed by atoms with E-state index in [2.05, 4.69) is 18.7 Å². The Balaban J connectivity index is 2.47. The van der Waals surface area contributed by atoms with Gasteiger partial charge < -0.3 is 4.90 Å². The zero-order valence-corrected chi connectivity index (χ0v) is 10.4. The van der Waals surface area contributed by atoms with Crippen LogP contribution in [0.3, 0.4) is 0 Å². The van der Waals surface area contributed by atoms with Gasteiger partial charge in [0.15, 0.2) is 0 Å². The monoisotopic (exact) mass is 210 g/mol. The van der Waals surface area contributed by atoms with Gasteiger partial charge in [0.05, 0.1) is 5.84 Å². The van der Waals surface area contributed by atoms with Crippen LogP contribution < -0.4 is 0 Å². The Labute approximate surface area is 94.6 Å². The summed E-state index contributed by atoms with van der Waals surface area (Å²) < 4.78 is 0. The molecule has 0 aromatic heterocycles. The molecule has 15 heavy (non-hydrogen) atoms. The molecule has 0 aromatic carbocycles. The van der Waals surface area contributed by atoms with E-state index in [4.69, 9.17) is 5.41 Å². The molecule has 0 atom stereocenters. The molecule has 0 saturated heterocycles. The first-order chi connectivity index (χ1) is 7.29. The Kier molecular flexibility index (Phi) is 5.74. The first kappa shape index (κ1) is 12.5. The highest BCUT2D eigenvalue weighted by atomic mass is 15.2. The lowest BCUT2D eigenvalue weighted by Gasteiger charge is -2.29. The molecule has 0 amide bonds. The standard InChI is InChI=1S/C13H26N2/c1-3-15(4-2)13(14)12-10-8-6-5-7-9-11-12/h12,14H,3-11H2,1-2H3. The summed E-state index contributed by atoms with van der Waals surface area (Å²) in [6, 6.07) is 0. The van der Waals surface area contributed by atoms with Crippen molar-refractivity contribution in [1.29, 1.82) is 5.41 Å². The summed E-state index contributed by atoms with van der Waals surface area (Å²) in [4.78, 5) is 2.21. The van der Waals surface area contributed by atoms with Gasteiger partial charge in [-0.1, -0.05) is 32.1 Å². The molecular formula is C13H26N2. The quantitative estimate of drug-likeness (QED) is 0.558. The molecule has 0 spiro atoms. The molecular weight excluding hydrogens is 184 g/mol. The molecule has 1 rings (SSSR count). The van der Waals surface area contributed by atoms with Crippen molar-refractivity contribution in [1.82, 2.24) is 4.90 Å². The van der Waals surface area contributed by atoms with Gasteiger partial charge in [-0.15, -0.1) is 0 Å². The summed E-state index contributed by atoms with van der Waals surface area (Å²) in [5, 5.41) is 8.23. The van der Waals surface area contributed by atoms with Crippen LogP contribution in [-0.2, 0) is 0 Å². The van der Waals surface area contributed by atoms with Gasteiger partial charge in [0.25, 0.3) is 0 Å². The zero-order valence-electron chi connectivity index (χ0n) is 10.4. The number of rotatable bonds is 3. The van der Waals surface area contributed by atoms with Gasteiger partial charge in [0, 0.05) is 19.0 Å². The Morgan fingerprint density at radius 3 is 1.93 bits per heavy atom. The van der Waals surface area contributed by atoms with Crippen molar-refractivity contribution in [3.05, 3.63) is 0 Å². The van der Waals surface area contributed by atoms with Crippen molar-refractivity contribution in [2.24, 2.45) is 5.92 Å². The van der Waals surface area contributed by atoms with E-state index >= 15 is 0 Å². The Bertz CT molecular complexity index is 177. The summed E-state index contributed by atoms with van der Waals surface area (Å²) in [5.74, 6) is 1.45. The number of hydrogen-bond acceptors (Lipinski definition) is 1. The molecule has 0 heterocycles. The number of nitrogens with one attached hydrogen (secondary N) is 1. The molecule has 0 aromatic rings. The Morgan fingerprint density at radius 1 is 1.00 bits per heavy atom. The molecule has 88 valence electrons.